The number of fused-ring (bicyclic) bond motifs is 1. The summed E-state index contributed by atoms with van der Waals surface area (Å²) in [5.41, 5.74) is 2.21. The number of hydrogen-bond donors (Lipinski definition) is 0. The molecular weight excluding hydrogens is 160 g/mol. The van der Waals surface area contributed by atoms with Crippen molar-refractivity contribution in [3.05, 3.63) is 41.7 Å². The van der Waals surface area contributed by atoms with E-state index < -0.39 is 0 Å². The molecule has 0 aliphatic carbocycles. The van der Waals surface area contributed by atoms with Crippen molar-refractivity contribution in [3.8, 4) is 0 Å². The number of aryl methyl sites for hydroxylation is 2. The fourth-order valence-electron chi connectivity index (χ4n) is 1.57. The highest BCUT2D eigenvalue weighted by molar-refractivity contribution is 5.77. The van der Waals surface area contributed by atoms with Crippen molar-refractivity contribution < 1.29 is 4.42 Å². The highest BCUT2D eigenvalue weighted by Gasteiger charge is 2.13. The minimum atomic E-state index is 0.955. The molecule has 0 unspecified atom stereocenters. The van der Waals surface area contributed by atoms with E-state index in [9.17, 15) is 0 Å². The zero-order valence-electron chi connectivity index (χ0n) is 8.00. The van der Waals surface area contributed by atoms with Crippen LogP contribution in [0.25, 0.3) is 11.0 Å². The lowest BCUT2D eigenvalue weighted by molar-refractivity contribution is 0.539. The summed E-state index contributed by atoms with van der Waals surface area (Å²) >= 11 is 0. The van der Waals surface area contributed by atoms with E-state index in [-0.39, 0.29) is 0 Å². The fourth-order valence-corrected chi connectivity index (χ4v) is 1.57. The van der Waals surface area contributed by atoms with Crippen molar-refractivity contribution in [1.82, 2.24) is 0 Å². The summed E-state index contributed by atoms with van der Waals surface area (Å²) in [6, 6.07) is 10.3. The van der Waals surface area contributed by atoms with Gasteiger partial charge in [-0.05, 0) is 19.1 Å². The smallest absolute Gasteiger partial charge is 0.212 e. The average Bonchev–Trinajstić information content (AvgIpc) is 2.17. The van der Waals surface area contributed by atoms with Crippen molar-refractivity contribution >= 4 is 11.0 Å². The van der Waals surface area contributed by atoms with E-state index in [0.717, 1.165) is 17.8 Å². The lowest BCUT2D eigenvalue weighted by Gasteiger charge is -1.92. The van der Waals surface area contributed by atoms with Gasteiger partial charge in [0.05, 0.1) is 11.8 Å². The predicted octanol–water partition coefficient (Wildman–Crippen LogP) is 3.58. The summed E-state index contributed by atoms with van der Waals surface area (Å²) in [5.74, 6) is 1.08. The summed E-state index contributed by atoms with van der Waals surface area (Å²) < 4.78 is 5.74. The minimum Gasteiger partial charge on any atom is -0.212 e. The first-order valence-corrected chi connectivity index (χ1v) is 4.62. The van der Waals surface area contributed by atoms with E-state index in [1.807, 2.05) is 18.2 Å². The Morgan fingerprint density at radius 2 is 2.00 bits per heavy atom. The van der Waals surface area contributed by atoms with Crippen molar-refractivity contribution in [2.45, 2.75) is 20.3 Å². The first-order chi connectivity index (χ1) is 6.31. The molecule has 2 aromatic rings. The van der Waals surface area contributed by atoms with Crippen LogP contribution < -0.4 is 0 Å². The van der Waals surface area contributed by atoms with Gasteiger partial charge in [0.2, 0.25) is 0 Å². The topological polar surface area (TPSA) is 11.3 Å². The quantitative estimate of drug-likeness (QED) is 0.600. The molecular formula is C12H13O+. The van der Waals surface area contributed by atoms with E-state index in [2.05, 4.69) is 26.0 Å². The maximum atomic E-state index is 5.74. The third-order valence-electron chi connectivity index (χ3n) is 2.29. The van der Waals surface area contributed by atoms with Crippen LogP contribution in [0.2, 0.25) is 0 Å². The summed E-state index contributed by atoms with van der Waals surface area (Å²) in [6.45, 7) is 4.20. The van der Waals surface area contributed by atoms with Gasteiger partial charge in [-0.2, -0.15) is 0 Å². The molecule has 0 saturated heterocycles. The standard InChI is InChI=1S/C12H13O/c1-3-11-9(2)8-10-6-4-5-7-12(10)13-11/h4-8H,3H2,1-2H3/q+1. The summed E-state index contributed by atoms with van der Waals surface area (Å²) in [6.07, 6.45) is 0.955. The van der Waals surface area contributed by atoms with Crippen LogP contribution in [0.15, 0.2) is 34.7 Å². The third kappa shape index (κ3) is 1.42. The van der Waals surface area contributed by atoms with Crippen LogP contribution >= 0.6 is 0 Å². The Morgan fingerprint density at radius 1 is 1.23 bits per heavy atom. The largest absolute Gasteiger partial charge is 0.360 e. The Bertz CT molecular complexity index is 432. The first kappa shape index (κ1) is 8.24. The summed E-state index contributed by atoms with van der Waals surface area (Å²) in [4.78, 5) is 0. The van der Waals surface area contributed by atoms with Crippen LogP contribution in [0.1, 0.15) is 18.2 Å². The molecule has 0 bridgehead atoms. The van der Waals surface area contributed by atoms with Crippen molar-refractivity contribution in [2.24, 2.45) is 0 Å². The Labute approximate surface area is 78.0 Å². The zero-order valence-corrected chi connectivity index (χ0v) is 8.00. The molecule has 0 fully saturated rings. The monoisotopic (exact) mass is 173 g/mol. The van der Waals surface area contributed by atoms with Gasteiger partial charge in [0.1, 0.15) is 0 Å². The normalized spacial score (nSPS) is 10.6. The lowest BCUT2D eigenvalue weighted by atomic mass is 10.1. The van der Waals surface area contributed by atoms with Gasteiger partial charge in [-0.3, -0.25) is 0 Å². The van der Waals surface area contributed by atoms with Gasteiger partial charge in [0, 0.05) is 11.6 Å². The molecule has 13 heavy (non-hydrogen) atoms. The zero-order chi connectivity index (χ0) is 9.26. The van der Waals surface area contributed by atoms with E-state index >= 15 is 0 Å². The van der Waals surface area contributed by atoms with Crippen molar-refractivity contribution in [2.75, 3.05) is 0 Å². The second-order valence-electron chi connectivity index (χ2n) is 3.24. The highest BCUT2D eigenvalue weighted by Crippen LogP contribution is 2.19. The summed E-state index contributed by atoms with van der Waals surface area (Å²) in [7, 11) is 0. The molecule has 1 heteroatoms. The highest BCUT2D eigenvalue weighted by atomic mass is 16.3. The Kier molecular flexibility index (Phi) is 2.01. The molecule has 0 N–H and O–H groups in total. The maximum absolute atomic E-state index is 5.74. The molecule has 1 aromatic heterocycles. The van der Waals surface area contributed by atoms with E-state index in [1.165, 1.54) is 10.9 Å². The first-order valence-electron chi connectivity index (χ1n) is 4.62. The summed E-state index contributed by atoms with van der Waals surface area (Å²) in [5, 5.41) is 1.18. The van der Waals surface area contributed by atoms with Crippen LogP contribution in [0.4, 0.5) is 0 Å². The second-order valence-corrected chi connectivity index (χ2v) is 3.24. The van der Waals surface area contributed by atoms with Gasteiger partial charge in [0.15, 0.2) is 0 Å². The van der Waals surface area contributed by atoms with Crippen LogP contribution in [0.5, 0.6) is 0 Å². The van der Waals surface area contributed by atoms with Gasteiger partial charge in [-0.15, -0.1) is 0 Å². The van der Waals surface area contributed by atoms with Crippen LogP contribution in [-0.4, -0.2) is 0 Å². The maximum Gasteiger partial charge on any atom is 0.360 e. The molecule has 0 saturated carbocycles. The predicted molar refractivity (Wildman–Crippen MR) is 54.7 cm³/mol. The molecule has 0 aliphatic heterocycles. The average molecular weight is 173 g/mol. The molecule has 0 radical (unpaired) electrons. The van der Waals surface area contributed by atoms with Crippen LogP contribution in [0.3, 0.4) is 0 Å². The number of para-hydroxylation sites is 1. The van der Waals surface area contributed by atoms with E-state index in [1.54, 1.807) is 0 Å². The van der Waals surface area contributed by atoms with Crippen LogP contribution in [0, 0.1) is 6.92 Å². The number of hydrogen-bond acceptors (Lipinski definition) is 0. The molecule has 1 heterocycles. The third-order valence-corrected chi connectivity index (χ3v) is 2.29. The molecule has 66 valence electrons. The molecule has 0 atom stereocenters. The molecule has 1 aromatic carbocycles. The number of benzene rings is 1. The molecule has 0 spiro atoms. The number of rotatable bonds is 1. The van der Waals surface area contributed by atoms with Crippen molar-refractivity contribution in [3.63, 3.8) is 0 Å². The molecule has 0 aliphatic rings. The Hall–Kier alpha value is -1.37. The van der Waals surface area contributed by atoms with Gasteiger partial charge >= 0.3 is 11.3 Å². The Balaban J connectivity index is 2.74. The van der Waals surface area contributed by atoms with E-state index in [4.69, 9.17) is 4.42 Å². The van der Waals surface area contributed by atoms with Crippen molar-refractivity contribution in [1.29, 1.82) is 0 Å². The van der Waals surface area contributed by atoms with Gasteiger partial charge in [-0.25, -0.2) is 4.42 Å². The SMILES string of the molecule is CCc1[o+]c2ccccc2cc1C. The lowest BCUT2D eigenvalue weighted by Crippen LogP contribution is -1.86. The molecule has 2 rings (SSSR count). The minimum absolute atomic E-state index is 0.955. The fraction of sp³-hybridized carbons (Fsp3) is 0.250. The molecule has 0 amide bonds. The second kappa shape index (κ2) is 3.17. The van der Waals surface area contributed by atoms with Crippen LogP contribution in [-0.2, 0) is 6.42 Å². The Morgan fingerprint density at radius 3 is 2.77 bits per heavy atom. The molecule has 1 nitrogen and oxygen atoms in total. The van der Waals surface area contributed by atoms with Gasteiger partial charge < -0.3 is 0 Å². The van der Waals surface area contributed by atoms with Gasteiger partial charge in [-0.1, -0.05) is 19.1 Å². The van der Waals surface area contributed by atoms with Gasteiger partial charge in [0.25, 0.3) is 0 Å². The van der Waals surface area contributed by atoms with E-state index in [0.29, 0.717) is 0 Å².